The third-order valence-electron chi connectivity index (χ3n) is 10.5. The predicted octanol–water partition coefficient (Wildman–Crippen LogP) is 6.23. The summed E-state index contributed by atoms with van der Waals surface area (Å²) in [4.78, 5) is 36.8. The Labute approximate surface area is 312 Å². The number of nitrogens with one attached hydrogen (secondary N) is 2. The Kier molecular flexibility index (Phi) is 11.2. The lowest BCUT2D eigenvalue weighted by molar-refractivity contribution is -0.122. The van der Waals surface area contributed by atoms with E-state index >= 15 is 0 Å². The van der Waals surface area contributed by atoms with Crippen LogP contribution in [-0.4, -0.2) is 61.3 Å². The standard InChI is InChI=1S/C18H19BN2O3.C13H14BN3O2.C4H5ClO.CH4.BrH/c22-15(11-1-2-11)7-10-5-12(6-10)14-8-19(23)24-16-9-21-18-13(17(14)16)3-4-20-18;15-8-3-7(4-8)10-5-14(18)19-11-6-17-13-9(12(10)11)1-2-16-13;5-4(6)3-1-2-3;;/h3-4,8-12,23H,1-2,5-7H2,(H,20,21);1-2,5-8,18H,3-4,15H2,(H,16,17);3H,1-2H2;1H4;1H. The fourth-order valence-electron chi connectivity index (χ4n) is 7.47. The van der Waals surface area contributed by atoms with Crippen molar-refractivity contribution in [2.75, 3.05) is 0 Å². The van der Waals surface area contributed by atoms with Gasteiger partial charge in [0, 0.05) is 58.6 Å². The summed E-state index contributed by atoms with van der Waals surface area (Å²) < 4.78 is 11.0. The zero-order chi connectivity index (χ0) is 33.8. The fourth-order valence-corrected chi connectivity index (χ4v) is 7.69. The van der Waals surface area contributed by atoms with Crippen LogP contribution < -0.4 is 15.0 Å². The second-order valence-corrected chi connectivity index (χ2v) is 14.6. The molecule has 10 rings (SSSR count). The maximum absolute atomic E-state index is 12.0. The maximum Gasteiger partial charge on any atom is 0.552 e. The Hall–Kier alpha value is -3.42. The number of allylic oxidation sites excluding steroid dienone is 2. The smallest absolute Gasteiger partial charge is 0.531 e. The van der Waals surface area contributed by atoms with Crippen LogP contribution in [0.5, 0.6) is 11.5 Å². The zero-order valence-electron chi connectivity index (χ0n) is 27.4. The van der Waals surface area contributed by atoms with E-state index in [0.717, 1.165) is 102 Å². The van der Waals surface area contributed by atoms with Gasteiger partial charge in [0.25, 0.3) is 0 Å². The normalized spacial score (nSPS) is 24.1. The molecule has 4 aliphatic carbocycles. The summed E-state index contributed by atoms with van der Waals surface area (Å²) in [6, 6.07) is 4.27. The SMILES string of the molecule is Br.C.NC1CC(C2=CB(O)Oc3cnc4[nH]ccc4c32)C1.O=C(CC1CC(C2=CB(O)Oc3cnc4[nH]ccc4c32)C1)C1CC1.O=C(Cl)C1CC1. The van der Waals surface area contributed by atoms with Gasteiger partial charge in [0.15, 0.2) is 0 Å². The summed E-state index contributed by atoms with van der Waals surface area (Å²) in [5, 5.41) is 21.8. The number of ketones is 1. The third-order valence-corrected chi connectivity index (χ3v) is 10.8. The van der Waals surface area contributed by atoms with Gasteiger partial charge in [-0.15, -0.1) is 17.0 Å². The molecule has 15 heteroatoms. The number of Topliss-reactive ketones (excluding diaryl/α,β-unsaturated/α-hetero) is 1. The molecule has 0 bridgehead atoms. The van der Waals surface area contributed by atoms with Crippen LogP contribution >= 0.6 is 28.6 Å². The molecule has 2 aliphatic heterocycles. The van der Waals surface area contributed by atoms with Crippen LogP contribution in [0, 0.1) is 29.6 Å². The summed E-state index contributed by atoms with van der Waals surface area (Å²) in [6.07, 6.45) is 16.0. The van der Waals surface area contributed by atoms with Crippen molar-refractivity contribution < 1.29 is 28.9 Å². The lowest BCUT2D eigenvalue weighted by Crippen LogP contribution is -2.38. The van der Waals surface area contributed by atoms with E-state index in [2.05, 4.69) is 19.9 Å². The Morgan fingerprint density at radius 3 is 1.71 bits per heavy atom. The fraction of sp³-hybridized carbons (Fsp3) is 0.444. The van der Waals surface area contributed by atoms with Crippen molar-refractivity contribution in [3.05, 3.63) is 60.0 Å². The first-order valence-electron chi connectivity index (χ1n) is 17.2. The number of aromatic amines is 2. The quantitative estimate of drug-likeness (QED) is 0.112. The Morgan fingerprint density at radius 2 is 1.29 bits per heavy atom. The molecule has 51 heavy (non-hydrogen) atoms. The molecule has 6 aliphatic rings. The second-order valence-electron chi connectivity index (χ2n) is 14.2. The van der Waals surface area contributed by atoms with E-state index in [1.54, 1.807) is 18.4 Å². The Balaban J connectivity index is 0.000000149. The van der Waals surface area contributed by atoms with E-state index in [0.29, 0.717) is 41.0 Å². The molecule has 0 radical (unpaired) electrons. The van der Waals surface area contributed by atoms with Crippen molar-refractivity contribution in [2.45, 2.75) is 71.3 Å². The van der Waals surface area contributed by atoms with Crippen LogP contribution in [0.1, 0.15) is 76.3 Å². The number of nitrogens with two attached hydrogens (primary N) is 1. The van der Waals surface area contributed by atoms with Gasteiger partial charge in [-0.05, 0) is 116 Å². The molecule has 4 fully saturated rings. The molecular formula is C36H43B2BrClN5O6. The highest BCUT2D eigenvalue weighted by atomic mass is 79.9. The molecular weight excluding hydrogens is 735 g/mol. The van der Waals surface area contributed by atoms with Crippen LogP contribution in [0.15, 0.2) is 48.9 Å². The van der Waals surface area contributed by atoms with Crippen LogP contribution in [-0.2, 0) is 9.59 Å². The molecule has 4 saturated carbocycles. The minimum atomic E-state index is -0.919. The first-order chi connectivity index (χ1) is 23.7. The van der Waals surface area contributed by atoms with Gasteiger partial charge in [-0.25, -0.2) is 9.97 Å². The van der Waals surface area contributed by atoms with Crippen molar-refractivity contribution in [3.63, 3.8) is 0 Å². The first-order valence-corrected chi connectivity index (χ1v) is 17.6. The van der Waals surface area contributed by atoms with Crippen LogP contribution in [0.4, 0.5) is 0 Å². The topological polar surface area (TPSA) is 176 Å². The minimum Gasteiger partial charge on any atom is -0.531 e. The van der Waals surface area contributed by atoms with Gasteiger partial charge in [0.05, 0.1) is 12.4 Å². The van der Waals surface area contributed by atoms with Gasteiger partial charge in [-0.3, -0.25) is 9.59 Å². The lowest BCUT2D eigenvalue weighted by Gasteiger charge is -2.38. The molecule has 0 atom stereocenters. The van der Waals surface area contributed by atoms with E-state index in [9.17, 15) is 19.6 Å². The van der Waals surface area contributed by atoms with Crippen LogP contribution in [0.3, 0.4) is 0 Å². The zero-order valence-corrected chi connectivity index (χ0v) is 29.9. The lowest BCUT2D eigenvalue weighted by atomic mass is 9.64. The number of aromatic nitrogens is 4. The molecule has 0 amide bonds. The van der Waals surface area contributed by atoms with E-state index in [4.69, 9.17) is 26.6 Å². The predicted molar refractivity (Wildman–Crippen MR) is 205 cm³/mol. The highest BCUT2D eigenvalue weighted by molar-refractivity contribution is 8.93. The number of nitrogens with zero attached hydrogens (tertiary/aromatic N) is 2. The minimum absolute atomic E-state index is 0. The van der Waals surface area contributed by atoms with E-state index < -0.39 is 14.2 Å². The summed E-state index contributed by atoms with van der Waals surface area (Å²) >= 11 is 5.04. The number of carbonyl (C=O) groups excluding carboxylic acids is 2. The third kappa shape index (κ3) is 7.85. The molecule has 0 unspecified atom stereocenters. The molecule has 0 aromatic carbocycles. The van der Waals surface area contributed by atoms with Gasteiger partial charge in [-0.1, -0.05) is 7.43 Å². The summed E-state index contributed by atoms with van der Waals surface area (Å²) in [5.74, 6) is 7.25. The van der Waals surface area contributed by atoms with Crippen molar-refractivity contribution in [1.29, 1.82) is 0 Å². The first kappa shape index (κ1) is 37.3. The number of rotatable bonds is 6. The largest absolute Gasteiger partial charge is 0.552 e. The molecule has 0 spiro atoms. The number of H-pyrrole nitrogens is 2. The molecule has 4 aromatic heterocycles. The average molecular weight is 779 g/mol. The number of hydrogen-bond donors (Lipinski definition) is 5. The Morgan fingerprint density at radius 1 is 0.824 bits per heavy atom. The Bertz CT molecular complexity index is 1980. The number of halogens is 2. The molecule has 6 heterocycles. The van der Waals surface area contributed by atoms with E-state index in [1.807, 2.05) is 30.5 Å². The van der Waals surface area contributed by atoms with Gasteiger partial charge < -0.3 is 35.1 Å². The van der Waals surface area contributed by atoms with Crippen molar-refractivity contribution in [1.82, 2.24) is 19.9 Å². The van der Waals surface area contributed by atoms with Crippen LogP contribution in [0.25, 0.3) is 33.2 Å². The van der Waals surface area contributed by atoms with Gasteiger partial charge >= 0.3 is 14.2 Å². The highest BCUT2D eigenvalue weighted by Crippen LogP contribution is 2.50. The van der Waals surface area contributed by atoms with Gasteiger partial charge in [0.1, 0.15) is 28.6 Å². The van der Waals surface area contributed by atoms with Gasteiger partial charge in [0.2, 0.25) is 5.24 Å². The average Bonchev–Trinajstić information content (AvgIpc) is 3.98. The summed E-state index contributed by atoms with van der Waals surface area (Å²) in [5.41, 5.74) is 11.9. The molecule has 0 saturated heterocycles. The van der Waals surface area contributed by atoms with Gasteiger partial charge in [-0.2, -0.15) is 0 Å². The molecule has 6 N–H and O–H groups in total. The molecule has 268 valence electrons. The summed E-state index contributed by atoms with van der Waals surface area (Å²) in [6.45, 7) is 0. The van der Waals surface area contributed by atoms with Crippen molar-refractivity contribution >= 4 is 87.1 Å². The van der Waals surface area contributed by atoms with E-state index in [1.165, 1.54) is 0 Å². The number of fused-ring (bicyclic) bond motifs is 6. The van der Waals surface area contributed by atoms with E-state index in [-0.39, 0.29) is 41.6 Å². The molecule has 4 aromatic rings. The number of hydrogen-bond acceptors (Lipinski definition) is 9. The number of carbonyl (C=O) groups is 2. The highest BCUT2D eigenvalue weighted by Gasteiger charge is 2.40. The van der Waals surface area contributed by atoms with Crippen molar-refractivity contribution in [2.24, 2.45) is 35.3 Å². The summed E-state index contributed by atoms with van der Waals surface area (Å²) in [7, 11) is -1.81. The maximum atomic E-state index is 12.0. The monoisotopic (exact) mass is 777 g/mol. The van der Waals surface area contributed by atoms with Crippen molar-refractivity contribution in [3.8, 4) is 11.5 Å². The van der Waals surface area contributed by atoms with Crippen LogP contribution in [0.2, 0.25) is 0 Å². The molecule has 11 nitrogen and oxygen atoms in total. The number of pyridine rings is 2. The second kappa shape index (κ2) is 15.3.